The fourth-order valence-corrected chi connectivity index (χ4v) is 2.01. The van der Waals surface area contributed by atoms with Crippen molar-refractivity contribution >= 4 is 12.2 Å². The average molecular weight is 230 g/mol. The van der Waals surface area contributed by atoms with Crippen LogP contribution >= 0.6 is 0 Å². The summed E-state index contributed by atoms with van der Waals surface area (Å²) in [5.41, 5.74) is 0. The van der Waals surface area contributed by atoms with E-state index in [1.165, 1.54) is 0 Å². The quantitative estimate of drug-likeness (QED) is 0.677. The molecule has 0 unspecified atom stereocenters. The maximum atomic E-state index is 11.0. The van der Waals surface area contributed by atoms with Crippen LogP contribution in [-0.4, -0.2) is 37.0 Å². The van der Waals surface area contributed by atoms with Gasteiger partial charge in [-0.2, -0.15) is 0 Å². The van der Waals surface area contributed by atoms with Crippen molar-refractivity contribution in [2.45, 2.75) is 31.8 Å². The van der Waals surface area contributed by atoms with Crippen LogP contribution in [0.15, 0.2) is 0 Å². The highest BCUT2D eigenvalue weighted by molar-refractivity contribution is 5.86. The molecule has 0 heterocycles. The summed E-state index contributed by atoms with van der Waals surface area (Å²) in [4.78, 5) is 21.2. The first-order valence-corrected chi connectivity index (χ1v) is 5.47. The molecule has 16 heavy (non-hydrogen) atoms. The smallest absolute Gasteiger partial charge is 0.416 e. The first kappa shape index (κ1) is 12.8. The molecule has 1 aliphatic carbocycles. The molecule has 0 aromatic heterocycles. The van der Waals surface area contributed by atoms with Crippen LogP contribution in [0.25, 0.3) is 0 Å². The fraction of sp³-hybridized carbons (Fsp3) is 0.800. The number of carboxylic acid groups (broad SMARTS) is 1. The normalized spacial score (nSPS) is 24.8. The maximum Gasteiger partial charge on any atom is 0.416 e. The largest absolute Gasteiger partial charge is 0.465 e. The van der Waals surface area contributed by atoms with Crippen molar-refractivity contribution in [3.05, 3.63) is 0 Å². The SMILES string of the molecule is CNCC1CCC(OC(=O)NC(=O)O)CC1. The van der Waals surface area contributed by atoms with E-state index >= 15 is 0 Å². The molecule has 0 atom stereocenters. The van der Waals surface area contributed by atoms with Crippen LogP contribution in [0.1, 0.15) is 25.7 Å². The van der Waals surface area contributed by atoms with Crippen molar-refractivity contribution < 1.29 is 19.4 Å². The summed E-state index contributed by atoms with van der Waals surface area (Å²) in [5, 5.41) is 13.1. The number of ether oxygens (including phenoxy) is 1. The summed E-state index contributed by atoms with van der Waals surface area (Å²) in [7, 11) is 1.92. The first-order chi connectivity index (χ1) is 7.61. The fourth-order valence-electron chi connectivity index (χ4n) is 2.01. The van der Waals surface area contributed by atoms with Gasteiger partial charge in [-0.15, -0.1) is 0 Å². The maximum absolute atomic E-state index is 11.0. The highest BCUT2D eigenvalue weighted by atomic mass is 16.6. The van der Waals surface area contributed by atoms with Crippen molar-refractivity contribution in [3.63, 3.8) is 0 Å². The van der Waals surface area contributed by atoms with E-state index in [1.54, 1.807) is 5.32 Å². The van der Waals surface area contributed by atoms with Gasteiger partial charge >= 0.3 is 12.2 Å². The van der Waals surface area contributed by atoms with Crippen LogP contribution in [0.3, 0.4) is 0 Å². The molecule has 0 bridgehead atoms. The van der Waals surface area contributed by atoms with Crippen molar-refractivity contribution in [2.24, 2.45) is 5.92 Å². The Kier molecular flexibility index (Phi) is 5.04. The van der Waals surface area contributed by atoms with Gasteiger partial charge in [0.1, 0.15) is 6.10 Å². The number of carbonyl (C=O) groups is 2. The average Bonchev–Trinajstić information content (AvgIpc) is 2.20. The minimum atomic E-state index is -1.38. The molecule has 6 nitrogen and oxygen atoms in total. The van der Waals surface area contributed by atoms with Gasteiger partial charge in [-0.3, -0.25) is 0 Å². The molecule has 0 aliphatic heterocycles. The van der Waals surface area contributed by atoms with Gasteiger partial charge in [0.2, 0.25) is 0 Å². The van der Waals surface area contributed by atoms with Gasteiger partial charge in [-0.25, -0.2) is 14.9 Å². The number of alkyl carbamates (subject to hydrolysis) is 1. The van der Waals surface area contributed by atoms with Gasteiger partial charge in [-0.05, 0) is 45.2 Å². The zero-order valence-corrected chi connectivity index (χ0v) is 9.36. The van der Waals surface area contributed by atoms with E-state index in [0.29, 0.717) is 5.92 Å². The molecule has 6 heteroatoms. The van der Waals surface area contributed by atoms with Crippen molar-refractivity contribution in [3.8, 4) is 0 Å². The van der Waals surface area contributed by atoms with E-state index in [-0.39, 0.29) is 6.10 Å². The zero-order valence-electron chi connectivity index (χ0n) is 9.36. The predicted octanol–water partition coefficient (Wildman–Crippen LogP) is 1.17. The highest BCUT2D eigenvalue weighted by Crippen LogP contribution is 2.25. The van der Waals surface area contributed by atoms with Crippen LogP contribution in [-0.2, 0) is 4.74 Å². The van der Waals surface area contributed by atoms with Crippen LogP contribution in [0.5, 0.6) is 0 Å². The second kappa shape index (κ2) is 6.32. The molecule has 1 aliphatic rings. The molecule has 92 valence electrons. The Morgan fingerprint density at radius 3 is 2.44 bits per heavy atom. The van der Waals surface area contributed by atoms with Gasteiger partial charge < -0.3 is 15.2 Å². The molecule has 1 fully saturated rings. The van der Waals surface area contributed by atoms with Crippen molar-refractivity contribution in [1.29, 1.82) is 0 Å². The molecule has 0 spiro atoms. The number of amides is 2. The molecule has 0 aromatic rings. The van der Waals surface area contributed by atoms with E-state index in [1.807, 2.05) is 7.05 Å². The summed E-state index contributed by atoms with van der Waals surface area (Å²) in [6.45, 7) is 0.980. The number of imide groups is 1. The Morgan fingerprint density at radius 2 is 1.94 bits per heavy atom. The molecule has 0 radical (unpaired) electrons. The summed E-state index contributed by atoms with van der Waals surface area (Å²) in [6.07, 6.45) is 1.22. The lowest BCUT2D eigenvalue weighted by atomic mass is 9.87. The summed E-state index contributed by atoms with van der Waals surface area (Å²) >= 11 is 0. The van der Waals surface area contributed by atoms with Crippen LogP contribution in [0.4, 0.5) is 9.59 Å². The molecular weight excluding hydrogens is 212 g/mol. The lowest BCUT2D eigenvalue weighted by Crippen LogP contribution is -2.35. The van der Waals surface area contributed by atoms with E-state index in [4.69, 9.17) is 9.84 Å². The molecule has 1 rings (SSSR count). The number of rotatable bonds is 3. The number of hydrogen-bond donors (Lipinski definition) is 3. The molecule has 3 N–H and O–H groups in total. The van der Waals surface area contributed by atoms with Crippen LogP contribution in [0, 0.1) is 5.92 Å². The van der Waals surface area contributed by atoms with E-state index < -0.39 is 12.2 Å². The van der Waals surface area contributed by atoms with Crippen LogP contribution in [0.2, 0.25) is 0 Å². The number of nitrogens with one attached hydrogen (secondary N) is 2. The second-order valence-electron chi connectivity index (χ2n) is 4.04. The summed E-state index contributed by atoms with van der Waals surface area (Å²) < 4.78 is 4.98. The van der Waals surface area contributed by atoms with Gasteiger partial charge in [0, 0.05) is 0 Å². The third-order valence-electron chi connectivity index (χ3n) is 2.77. The molecule has 2 amide bonds. The molecule has 0 saturated heterocycles. The Hall–Kier alpha value is -1.30. The monoisotopic (exact) mass is 230 g/mol. The standard InChI is InChI=1S/C10H18N2O4/c1-11-6-7-2-4-8(5-3-7)16-10(15)12-9(13)14/h7-8,11H,2-6H2,1H3,(H,12,15)(H,13,14). The first-order valence-electron chi connectivity index (χ1n) is 5.47. The molecular formula is C10H18N2O4. The van der Waals surface area contributed by atoms with Crippen molar-refractivity contribution in [1.82, 2.24) is 10.6 Å². The topological polar surface area (TPSA) is 87.7 Å². The zero-order chi connectivity index (χ0) is 12.0. The Bertz CT molecular complexity index is 249. The van der Waals surface area contributed by atoms with E-state index in [0.717, 1.165) is 32.2 Å². The van der Waals surface area contributed by atoms with Gasteiger partial charge in [-0.1, -0.05) is 0 Å². The summed E-state index contributed by atoms with van der Waals surface area (Å²) in [5.74, 6) is 0.632. The van der Waals surface area contributed by atoms with Gasteiger partial charge in [0.05, 0.1) is 0 Å². The van der Waals surface area contributed by atoms with Gasteiger partial charge in [0.15, 0.2) is 0 Å². The lowest BCUT2D eigenvalue weighted by Gasteiger charge is -2.27. The predicted molar refractivity (Wildman–Crippen MR) is 57.3 cm³/mol. The number of carbonyl (C=O) groups excluding carboxylic acids is 1. The van der Waals surface area contributed by atoms with E-state index in [9.17, 15) is 9.59 Å². The summed E-state index contributed by atoms with van der Waals surface area (Å²) in [6, 6.07) is 0. The second-order valence-corrected chi connectivity index (χ2v) is 4.04. The third-order valence-corrected chi connectivity index (χ3v) is 2.77. The minimum Gasteiger partial charge on any atom is -0.465 e. The highest BCUT2D eigenvalue weighted by Gasteiger charge is 2.23. The molecule has 0 aromatic carbocycles. The third kappa shape index (κ3) is 4.48. The Labute approximate surface area is 94.3 Å². The van der Waals surface area contributed by atoms with Gasteiger partial charge in [0.25, 0.3) is 0 Å². The minimum absolute atomic E-state index is 0.146. The molecule has 1 saturated carbocycles. The van der Waals surface area contributed by atoms with Crippen LogP contribution < -0.4 is 10.6 Å². The number of hydrogen-bond acceptors (Lipinski definition) is 4. The van der Waals surface area contributed by atoms with E-state index in [2.05, 4.69) is 5.32 Å². The Morgan fingerprint density at radius 1 is 1.31 bits per heavy atom. The van der Waals surface area contributed by atoms with Crippen molar-refractivity contribution in [2.75, 3.05) is 13.6 Å². The lowest BCUT2D eigenvalue weighted by molar-refractivity contribution is 0.0645. The Balaban J connectivity index is 2.21.